The van der Waals surface area contributed by atoms with Crippen molar-refractivity contribution in [2.75, 3.05) is 5.73 Å². The number of hydrogen-bond donors (Lipinski definition) is 1. The Labute approximate surface area is 238 Å². The molecule has 5 nitrogen and oxygen atoms in total. The number of nitrogens with zero attached hydrogens (tertiary/aromatic N) is 2. The van der Waals surface area contributed by atoms with E-state index in [9.17, 15) is 26.3 Å². The van der Waals surface area contributed by atoms with Crippen molar-refractivity contribution in [1.29, 1.82) is 0 Å². The standard InChI is InChI=1S/C29H20BrF6N3O2/c30-22-10-4-1-7-19(22)18-13-14-23-24(15-18)39(17-41-26-12-6-3-9-21(26)29(34,35)36)27(37)38(23)16-40-25-11-5-2-8-20(25)28(31,32)33/h1-15,37H,16-17H2/p+1. The Kier molecular flexibility index (Phi) is 7.60. The van der Waals surface area contributed by atoms with Gasteiger partial charge in [0.05, 0.1) is 11.1 Å². The molecule has 0 atom stereocenters. The average molecular weight is 637 g/mol. The number of benzene rings is 4. The predicted molar refractivity (Wildman–Crippen MR) is 144 cm³/mol. The molecule has 0 fully saturated rings. The van der Waals surface area contributed by atoms with Crippen LogP contribution in [0.25, 0.3) is 22.2 Å². The molecule has 0 radical (unpaired) electrons. The number of anilines is 1. The van der Waals surface area contributed by atoms with E-state index < -0.39 is 48.4 Å². The van der Waals surface area contributed by atoms with Gasteiger partial charge in [-0.05, 0) is 53.6 Å². The van der Waals surface area contributed by atoms with Gasteiger partial charge in [0.2, 0.25) is 13.5 Å². The molecule has 2 N–H and O–H groups in total. The minimum Gasteiger partial charge on any atom is -0.460 e. The van der Waals surface area contributed by atoms with Crippen LogP contribution < -0.4 is 19.8 Å². The molecule has 0 saturated heterocycles. The predicted octanol–water partition coefficient (Wildman–Crippen LogP) is 8.05. The summed E-state index contributed by atoms with van der Waals surface area (Å²) in [6, 6.07) is 22.2. The van der Waals surface area contributed by atoms with Gasteiger partial charge in [-0.15, -0.1) is 0 Å². The Morgan fingerprint density at radius 1 is 0.732 bits per heavy atom. The Morgan fingerprint density at radius 3 is 1.90 bits per heavy atom. The Morgan fingerprint density at radius 2 is 1.29 bits per heavy atom. The van der Waals surface area contributed by atoms with Crippen molar-refractivity contribution >= 4 is 32.9 Å². The highest BCUT2D eigenvalue weighted by Gasteiger charge is 2.35. The van der Waals surface area contributed by atoms with Gasteiger partial charge in [0.15, 0.2) is 0 Å². The number of rotatable bonds is 7. The van der Waals surface area contributed by atoms with E-state index >= 15 is 0 Å². The molecule has 4 aromatic carbocycles. The minimum absolute atomic E-state index is 0.00161. The highest BCUT2D eigenvalue weighted by Crippen LogP contribution is 2.38. The number of ether oxygens (including phenoxy) is 2. The lowest BCUT2D eigenvalue weighted by Crippen LogP contribution is -2.39. The van der Waals surface area contributed by atoms with Gasteiger partial charge in [0.25, 0.3) is 0 Å². The van der Waals surface area contributed by atoms with Crippen LogP contribution in [0.4, 0.5) is 32.3 Å². The van der Waals surface area contributed by atoms with Crippen LogP contribution in [0.1, 0.15) is 11.1 Å². The molecule has 1 aromatic heterocycles. The zero-order valence-corrected chi connectivity index (χ0v) is 22.6. The van der Waals surface area contributed by atoms with Crippen LogP contribution in [0.15, 0.2) is 95.5 Å². The minimum atomic E-state index is -4.65. The van der Waals surface area contributed by atoms with Gasteiger partial charge in [0, 0.05) is 4.47 Å². The molecule has 0 aliphatic heterocycles. The van der Waals surface area contributed by atoms with Crippen LogP contribution >= 0.6 is 15.9 Å². The zero-order valence-electron chi connectivity index (χ0n) is 21.0. The molecule has 12 heteroatoms. The van der Waals surface area contributed by atoms with Crippen molar-refractivity contribution in [3.63, 3.8) is 0 Å². The second-order valence-corrected chi connectivity index (χ2v) is 9.79. The number of alkyl halides is 6. The SMILES string of the molecule is Nc1n(COc2ccccc2C(F)(F)F)c2cc(-c3ccccc3Br)ccc2[n+]1COc1ccccc1C(F)(F)F. The van der Waals surface area contributed by atoms with Crippen LogP contribution in [0.3, 0.4) is 0 Å². The topological polar surface area (TPSA) is 53.3 Å². The van der Waals surface area contributed by atoms with E-state index in [1.165, 1.54) is 45.5 Å². The highest BCUT2D eigenvalue weighted by molar-refractivity contribution is 9.10. The number of imidazole rings is 1. The van der Waals surface area contributed by atoms with E-state index in [-0.39, 0.29) is 5.95 Å². The van der Waals surface area contributed by atoms with Crippen LogP contribution in [0, 0.1) is 0 Å². The maximum Gasteiger partial charge on any atom is 0.419 e. The van der Waals surface area contributed by atoms with Crippen molar-refractivity contribution < 1.29 is 40.4 Å². The number of aromatic nitrogens is 2. The lowest BCUT2D eigenvalue weighted by molar-refractivity contribution is -0.687. The van der Waals surface area contributed by atoms with Crippen molar-refractivity contribution in [1.82, 2.24) is 4.57 Å². The third-order valence-electron chi connectivity index (χ3n) is 6.38. The lowest BCUT2D eigenvalue weighted by Gasteiger charge is -2.13. The van der Waals surface area contributed by atoms with Gasteiger partial charge in [-0.1, -0.05) is 64.5 Å². The Balaban J connectivity index is 1.57. The maximum atomic E-state index is 13.6. The average Bonchev–Trinajstić information content (AvgIpc) is 3.19. The largest absolute Gasteiger partial charge is 0.460 e. The first-order valence-corrected chi connectivity index (χ1v) is 12.9. The van der Waals surface area contributed by atoms with Gasteiger partial charge in [0.1, 0.15) is 22.5 Å². The molecule has 212 valence electrons. The van der Waals surface area contributed by atoms with E-state index in [2.05, 4.69) is 15.9 Å². The molecule has 5 aromatic rings. The van der Waals surface area contributed by atoms with Crippen molar-refractivity contribution in [2.45, 2.75) is 25.8 Å². The number of halogens is 7. The summed E-state index contributed by atoms with van der Waals surface area (Å²) < 4.78 is 96.0. The summed E-state index contributed by atoms with van der Waals surface area (Å²) in [5, 5.41) is 0. The fourth-order valence-corrected chi connectivity index (χ4v) is 4.93. The lowest BCUT2D eigenvalue weighted by atomic mass is 10.1. The maximum absolute atomic E-state index is 13.6. The number of nitrogen functional groups attached to an aromatic ring is 1. The van der Waals surface area contributed by atoms with Gasteiger partial charge >= 0.3 is 18.3 Å². The van der Waals surface area contributed by atoms with Gasteiger partial charge in [-0.25, -0.2) is 0 Å². The first-order valence-electron chi connectivity index (χ1n) is 12.1. The number of hydrogen-bond acceptors (Lipinski definition) is 3. The van der Waals surface area contributed by atoms with Crippen LogP contribution in [0.5, 0.6) is 11.5 Å². The Hall–Kier alpha value is -4.19. The van der Waals surface area contributed by atoms with Gasteiger partial charge in [-0.2, -0.15) is 35.5 Å². The summed E-state index contributed by atoms with van der Waals surface area (Å²) in [4.78, 5) is 0. The third kappa shape index (κ3) is 5.83. The summed E-state index contributed by atoms with van der Waals surface area (Å²) >= 11 is 3.52. The third-order valence-corrected chi connectivity index (χ3v) is 7.07. The van der Waals surface area contributed by atoms with Gasteiger partial charge < -0.3 is 9.47 Å². The van der Waals surface area contributed by atoms with E-state index in [0.29, 0.717) is 11.0 Å². The molecule has 0 spiro atoms. The molecule has 0 aliphatic rings. The molecule has 41 heavy (non-hydrogen) atoms. The van der Waals surface area contributed by atoms with Crippen LogP contribution in [-0.2, 0) is 25.8 Å². The molecular formula is C29H21BrF6N3O2+. The summed E-state index contributed by atoms with van der Waals surface area (Å²) in [6.07, 6.45) is -9.29. The van der Waals surface area contributed by atoms with E-state index in [0.717, 1.165) is 27.7 Å². The second kappa shape index (κ2) is 11.0. The highest BCUT2D eigenvalue weighted by atomic mass is 79.9. The molecule has 0 amide bonds. The van der Waals surface area contributed by atoms with E-state index in [4.69, 9.17) is 15.2 Å². The Bertz CT molecular complexity index is 1720. The normalized spacial score (nSPS) is 12.1. The van der Waals surface area contributed by atoms with Gasteiger partial charge in [-0.3, -0.25) is 5.73 Å². The molecule has 1 heterocycles. The molecule has 0 aliphatic carbocycles. The molecular weight excluding hydrogens is 616 g/mol. The zero-order chi connectivity index (χ0) is 29.4. The van der Waals surface area contributed by atoms with Crippen molar-refractivity contribution in [3.8, 4) is 22.6 Å². The number of fused-ring (bicyclic) bond motifs is 1. The van der Waals surface area contributed by atoms with Crippen molar-refractivity contribution in [2.24, 2.45) is 0 Å². The molecule has 0 unspecified atom stereocenters. The number of nitrogens with two attached hydrogens (primary N) is 1. The van der Waals surface area contributed by atoms with Crippen LogP contribution in [0.2, 0.25) is 0 Å². The van der Waals surface area contributed by atoms with E-state index in [1.54, 1.807) is 18.2 Å². The fraction of sp³-hybridized carbons (Fsp3) is 0.138. The summed E-state index contributed by atoms with van der Waals surface area (Å²) in [5.41, 5.74) is 7.05. The molecule has 5 rings (SSSR count). The summed E-state index contributed by atoms with van der Waals surface area (Å²) in [5.74, 6) is -0.795. The fourth-order valence-electron chi connectivity index (χ4n) is 4.42. The first kappa shape index (κ1) is 28.3. The monoisotopic (exact) mass is 636 g/mol. The summed E-state index contributed by atoms with van der Waals surface area (Å²) in [6.45, 7) is -0.822. The van der Waals surface area contributed by atoms with Crippen LogP contribution in [-0.4, -0.2) is 4.57 Å². The second-order valence-electron chi connectivity index (χ2n) is 8.93. The number of para-hydroxylation sites is 2. The first-order chi connectivity index (χ1) is 19.4. The quantitative estimate of drug-likeness (QED) is 0.145. The summed E-state index contributed by atoms with van der Waals surface area (Å²) in [7, 11) is 0. The van der Waals surface area contributed by atoms with E-state index in [1.807, 2.05) is 24.3 Å². The molecule has 0 bridgehead atoms. The molecule has 0 saturated carbocycles. The smallest absolute Gasteiger partial charge is 0.419 e. The van der Waals surface area contributed by atoms with Crippen molar-refractivity contribution in [3.05, 3.63) is 107 Å².